The lowest BCUT2D eigenvalue weighted by molar-refractivity contribution is -0.206. The van der Waals surface area contributed by atoms with Crippen LogP contribution in [0.2, 0.25) is 0 Å². The molecule has 1 aliphatic heterocycles. The second kappa shape index (κ2) is 5.60. The van der Waals surface area contributed by atoms with Crippen LogP contribution in [0.25, 0.3) is 27.8 Å². The SMILES string of the molecule is OC(c1ccc2n(-c3ccccc3)nc3ccccc3c1-2)C(F)(F)F. The van der Waals surface area contributed by atoms with Gasteiger partial charge in [-0.05, 0) is 29.8 Å². The molecule has 0 saturated heterocycles. The minimum absolute atomic E-state index is 0.161. The van der Waals surface area contributed by atoms with E-state index in [2.05, 4.69) is 5.10 Å². The zero-order valence-electron chi connectivity index (χ0n) is 12.9. The average Bonchev–Trinajstić information content (AvgIpc) is 3.05. The number of para-hydroxylation sites is 1. The van der Waals surface area contributed by atoms with Gasteiger partial charge in [-0.3, -0.25) is 0 Å². The fraction of sp³-hybridized carbons (Fsp3) is 0.105. The first-order valence-electron chi connectivity index (χ1n) is 7.67. The molecule has 1 aliphatic carbocycles. The summed E-state index contributed by atoms with van der Waals surface area (Å²) in [6.07, 6.45) is -7.27. The summed E-state index contributed by atoms with van der Waals surface area (Å²) in [7, 11) is 0. The molecule has 0 spiro atoms. The van der Waals surface area contributed by atoms with Crippen molar-refractivity contribution in [1.82, 2.24) is 9.78 Å². The molecule has 0 saturated carbocycles. The van der Waals surface area contributed by atoms with Crippen molar-refractivity contribution >= 4 is 10.9 Å². The van der Waals surface area contributed by atoms with Crippen molar-refractivity contribution in [3.63, 3.8) is 0 Å². The molecule has 4 rings (SSSR count). The van der Waals surface area contributed by atoms with E-state index in [-0.39, 0.29) is 5.56 Å². The van der Waals surface area contributed by atoms with Crippen molar-refractivity contribution in [3.05, 3.63) is 72.3 Å². The Kier molecular flexibility index (Phi) is 3.51. The van der Waals surface area contributed by atoms with Gasteiger partial charge in [-0.15, -0.1) is 0 Å². The van der Waals surface area contributed by atoms with E-state index in [0.717, 1.165) is 5.69 Å². The number of aliphatic hydroxyl groups excluding tert-OH is 1. The monoisotopic (exact) mass is 342 g/mol. The Morgan fingerprint density at radius 2 is 1.56 bits per heavy atom. The molecule has 1 atom stereocenters. The minimum Gasteiger partial charge on any atom is -0.379 e. The molecule has 0 bridgehead atoms. The fourth-order valence-corrected chi connectivity index (χ4v) is 3.06. The second-order valence-corrected chi connectivity index (χ2v) is 5.76. The third-order valence-corrected chi connectivity index (χ3v) is 4.18. The molecule has 0 fully saturated rings. The Morgan fingerprint density at radius 1 is 0.880 bits per heavy atom. The highest BCUT2D eigenvalue weighted by Gasteiger charge is 2.41. The van der Waals surface area contributed by atoms with Gasteiger partial charge in [0.25, 0.3) is 0 Å². The van der Waals surface area contributed by atoms with Crippen LogP contribution in [0.15, 0.2) is 66.7 Å². The molecule has 2 aliphatic rings. The van der Waals surface area contributed by atoms with Gasteiger partial charge in [0.1, 0.15) is 0 Å². The van der Waals surface area contributed by atoms with Gasteiger partial charge in [-0.1, -0.05) is 42.5 Å². The third-order valence-electron chi connectivity index (χ3n) is 4.18. The number of halogens is 3. The maximum atomic E-state index is 13.1. The van der Waals surface area contributed by atoms with Gasteiger partial charge < -0.3 is 5.11 Å². The quantitative estimate of drug-likeness (QED) is 0.572. The van der Waals surface area contributed by atoms with E-state index in [1.54, 1.807) is 35.0 Å². The number of rotatable bonds is 2. The maximum Gasteiger partial charge on any atom is 0.418 e. The molecule has 2 aromatic carbocycles. The minimum atomic E-state index is -4.73. The fourth-order valence-electron chi connectivity index (χ4n) is 3.06. The first-order chi connectivity index (χ1) is 12.0. The third kappa shape index (κ3) is 2.55. The molecular formula is C19H13F3N2O. The normalized spacial score (nSPS) is 13.4. The van der Waals surface area contributed by atoms with Gasteiger partial charge >= 0.3 is 6.18 Å². The standard InChI is InChI=1S/C19H13F3N2O/c20-19(21,22)18(25)14-10-11-16-17(14)13-8-4-5-9-15(13)23-24(16)12-6-2-1-3-7-12/h1-11,18,25H. The van der Waals surface area contributed by atoms with E-state index in [0.29, 0.717) is 22.2 Å². The van der Waals surface area contributed by atoms with Gasteiger partial charge in [0.2, 0.25) is 0 Å². The van der Waals surface area contributed by atoms with E-state index < -0.39 is 12.3 Å². The lowest BCUT2D eigenvalue weighted by atomic mass is 10.0. The zero-order chi connectivity index (χ0) is 17.6. The number of hydrogen-bond donors (Lipinski definition) is 1. The van der Waals surface area contributed by atoms with E-state index >= 15 is 0 Å². The number of hydrogen-bond acceptors (Lipinski definition) is 2. The van der Waals surface area contributed by atoms with Crippen LogP contribution in [0.4, 0.5) is 13.2 Å². The molecule has 126 valence electrons. The average molecular weight is 342 g/mol. The maximum absolute atomic E-state index is 13.1. The van der Waals surface area contributed by atoms with Crippen molar-refractivity contribution in [2.24, 2.45) is 0 Å². The highest BCUT2D eigenvalue weighted by molar-refractivity contribution is 5.97. The Labute approximate surface area is 141 Å². The van der Waals surface area contributed by atoms with Crippen LogP contribution in [0.5, 0.6) is 0 Å². The van der Waals surface area contributed by atoms with Crippen molar-refractivity contribution in [2.45, 2.75) is 12.3 Å². The molecule has 1 heterocycles. The molecule has 3 nitrogen and oxygen atoms in total. The van der Waals surface area contributed by atoms with Gasteiger partial charge in [-0.2, -0.15) is 18.3 Å². The molecular weight excluding hydrogens is 329 g/mol. The Balaban J connectivity index is 2.05. The second-order valence-electron chi connectivity index (χ2n) is 5.76. The summed E-state index contributed by atoms with van der Waals surface area (Å²) < 4.78 is 40.9. The Hall–Kier alpha value is -2.86. The molecule has 6 heteroatoms. The van der Waals surface area contributed by atoms with Gasteiger partial charge in [-0.25, -0.2) is 4.68 Å². The number of aliphatic hydroxyl groups is 1. The molecule has 2 aromatic rings. The predicted molar refractivity (Wildman–Crippen MR) is 88.7 cm³/mol. The number of alkyl halides is 3. The van der Waals surface area contributed by atoms with Crippen molar-refractivity contribution < 1.29 is 18.3 Å². The van der Waals surface area contributed by atoms with Crippen LogP contribution in [0.1, 0.15) is 11.7 Å². The summed E-state index contributed by atoms with van der Waals surface area (Å²) in [5.41, 5.74) is 2.01. The number of nitrogens with zero attached hydrogens (tertiary/aromatic N) is 2. The molecule has 0 aromatic heterocycles. The van der Waals surface area contributed by atoms with E-state index in [1.807, 2.05) is 30.3 Å². The molecule has 1 unspecified atom stereocenters. The van der Waals surface area contributed by atoms with Gasteiger partial charge in [0, 0.05) is 10.9 Å². The molecule has 1 N–H and O–H groups in total. The van der Waals surface area contributed by atoms with E-state index in [9.17, 15) is 18.3 Å². The topological polar surface area (TPSA) is 38.0 Å². The summed E-state index contributed by atoms with van der Waals surface area (Å²) in [4.78, 5) is 0. The summed E-state index contributed by atoms with van der Waals surface area (Å²) in [5.74, 6) is 0. The van der Waals surface area contributed by atoms with Crippen LogP contribution in [-0.2, 0) is 0 Å². The highest BCUT2D eigenvalue weighted by Crippen LogP contribution is 2.43. The summed E-state index contributed by atoms with van der Waals surface area (Å²) >= 11 is 0. The molecule has 0 amide bonds. The van der Waals surface area contributed by atoms with Crippen LogP contribution in [-0.4, -0.2) is 21.1 Å². The van der Waals surface area contributed by atoms with Gasteiger partial charge in [0.05, 0.1) is 16.9 Å². The first kappa shape index (κ1) is 15.7. The first-order valence-corrected chi connectivity index (χ1v) is 7.67. The number of fused-ring (bicyclic) bond motifs is 3. The Morgan fingerprint density at radius 3 is 2.28 bits per heavy atom. The van der Waals surface area contributed by atoms with Crippen molar-refractivity contribution in [1.29, 1.82) is 0 Å². The van der Waals surface area contributed by atoms with Crippen LogP contribution in [0.3, 0.4) is 0 Å². The summed E-state index contributed by atoms with van der Waals surface area (Å²) in [6.45, 7) is 0. The summed E-state index contributed by atoms with van der Waals surface area (Å²) in [5, 5.41) is 14.9. The van der Waals surface area contributed by atoms with E-state index in [4.69, 9.17) is 0 Å². The lowest BCUT2D eigenvalue weighted by Gasteiger charge is -2.19. The largest absolute Gasteiger partial charge is 0.418 e. The van der Waals surface area contributed by atoms with Crippen LogP contribution >= 0.6 is 0 Å². The van der Waals surface area contributed by atoms with Crippen molar-refractivity contribution in [3.8, 4) is 16.9 Å². The Bertz CT molecular complexity index is 1010. The van der Waals surface area contributed by atoms with Crippen molar-refractivity contribution in [2.75, 3.05) is 0 Å². The smallest absolute Gasteiger partial charge is 0.379 e. The van der Waals surface area contributed by atoms with E-state index in [1.165, 1.54) is 6.07 Å². The molecule has 0 radical (unpaired) electrons. The number of benzene rings is 2. The lowest BCUT2D eigenvalue weighted by Crippen LogP contribution is -2.20. The molecule has 25 heavy (non-hydrogen) atoms. The van der Waals surface area contributed by atoms with Crippen LogP contribution in [0, 0.1) is 0 Å². The number of aromatic nitrogens is 2. The highest BCUT2D eigenvalue weighted by atomic mass is 19.4. The van der Waals surface area contributed by atoms with Gasteiger partial charge in [0.15, 0.2) is 6.10 Å². The predicted octanol–water partition coefficient (Wildman–Crippen LogP) is 4.73. The summed E-state index contributed by atoms with van der Waals surface area (Å²) in [6, 6.07) is 19.0. The zero-order valence-corrected chi connectivity index (χ0v) is 12.9. The van der Waals surface area contributed by atoms with Crippen LogP contribution < -0.4 is 0 Å².